The van der Waals surface area contributed by atoms with Gasteiger partial charge in [0.25, 0.3) is 0 Å². The van der Waals surface area contributed by atoms with Gasteiger partial charge in [0, 0.05) is 83.5 Å². The molecule has 5 heteroatoms. The minimum Gasteiger partial charge on any atom is -0.310 e. The number of aromatic nitrogens is 3. The van der Waals surface area contributed by atoms with E-state index in [2.05, 4.69) is 298 Å². The lowest BCUT2D eigenvalue weighted by atomic mass is 10.1. The quantitative estimate of drug-likeness (QED) is 0.129. The third-order valence-electron chi connectivity index (χ3n) is 14.9. The second kappa shape index (κ2) is 17.9. The number of rotatable bonds is 11. The number of anilines is 6. The molecule has 0 unspecified atom stereocenters. The first kappa shape index (κ1) is 43.7. The lowest BCUT2D eigenvalue weighted by Gasteiger charge is -2.26. The van der Waals surface area contributed by atoms with E-state index >= 15 is 0 Å². The predicted octanol–water partition coefficient (Wildman–Crippen LogP) is 19.2. The van der Waals surface area contributed by atoms with Crippen molar-refractivity contribution in [2.24, 2.45) is 0 Å². The van der Waals surface area contributed by atoms with Crippen molar-refractivity contribution in [2.45, 2.75) is 0 Å². The van der Waals surface area contributed by atoms with Gasteiger partial charge in [0.1, 0.15) is 0 Å². The average molecular weight is 960 g/mol. The Bertz CT molecular complexity index is 4220. The van der Waals surface area contributed by atoms with Gasteiger partial charge in [0.05, 0.1) is 33.1 Å². The third-order valence-corrected chi connectivity index (χ3v) is 14.9. The zero-order valence-electron chi connectivity index (χ0n) is 41.1. The molecule has 0 bridgehead atoms. The van der Waals surface area contributed by atoms with Crippen LogP contribution in [0.3, 0.4) is 0 Å². The lowest BCUT2D eigenvalue weighted by molar-refractivity contribution is 1.17. The number of para-hydroxylation sites is 5. The Balaban J connectivity index is 0.967. The molecule has 0 fully saturated rings. The van der Waals surface area contributed by atoms with Crippen LogP contribution < -0.4 is 9.80 Å². The van der Waals surface area contributed by atoms with Gasteiger partial charge in [-0.05, 0) is 157 Å². The average Bonchev–Trinajstić information content (AvgIpc) is 4.12. The minimum atomic E-state index is 1.06. The van der Waals surface area contributed by atoms with Crippen LogP contribution in [0.25, 0.3) is 94.6 Å². The molecule has 14 aromatic rings. The summed E-state index contributed by atoms with van der Waals surface area (Å²) < 4.78 is 7.17. The van der Waals surface area contributed by atoms with Crippen molar-refractivity contribution in [2.75, 3.05) is 9.80 Å². The maximum atomic E-state index is 4.13. The highest BCUT2D eigenvalue weighted by Gasteiger charge is 2.23. The van der Waals surface area contributed by atoms with Crippen LogP contribution in [0.15, 0.2) is 274 Å². The van der Waals surface area contributed by atoms with Crippen LogP contribution in [-0.2, 0) is 0 Å². The van der Waals surface area contributed by atoms with Crippen LogP contribution in [0.2, 0.25) is 0 Å². The summed E-state index contributed by atoms with van der Waals surface area (Å²) >= 11 is 0. The molecular formula is C70H49N5. The van der Waals surface area contributed by atoms with Gasteiger partial charge in [0.2, 0.25) is 0 Å². The van der Waals surface area contributed by atoms with E-state index in [0.29, 0.717) is 0 Å². The summed E-state index contributed by atoms with van der Waals surface area (Å²) in [6.45, 7) is 8.26. The summed E-state index contributed by atoms with van der Waals surface area (Å²) in [5.41, 5.74) is 18.7. The molecule has 0 aliphatic heterocycles. The van der Waals surface area contributed by atoms with Gasteiger partial charge in [-0.1, -0.05) is 141 Å². The number of hydrogen-bond acceptors (Lipinski definition) is 2. The molecule has 5 nitrogen and oxygen atoms in total. The fraction of sp³-hybridized carbons (Fsp3) is 0. The molecule has 14 rings (SSSR count). The van der Waals surface area contributed by atoms with E-state index in [0.717, 1.165) is 95.4 Å². The Morgan fingerprint density at radius 3 is 0.893 bits per heavy atom. The molecular weight excluding hydrogens is 911 g/mol. The zero-order chi connectivity index (χ0) is 50.0. The molecule has 0 amide bonds. The molecule has 0 radical (unpaired) electrons. The first-order chi connectivity index (χ1) is 37.1. The summed E-state index contributed by atoms with van der Waals surface area (Å²) in [6.07, 6.45) is 3.86. The van der Waals surface area contributed by atoms with E-state index < -0.39 is 0 Å². The van der Waals surface area contributed by atoms with Crippen molar-refractivity contribution < 1.29 is 0 Å². The molecule has 3 heterocycles. The van der Waals surface area contributed by atoms with Gasteiger partial charge in [-0.15, -0.1) is 0 Å². The maximum Gasteiger partial charge on any atom is 0.0561 e. The Morgan fingerprint density at radius 2 is 0.533 bits per heavy atom. The lowest BCUT2D eigenvalue weighted by Crippen LogP contribution is -2.10. The normalized spacial score (nSPS) is 11.6. The van der Waals surface area contributed by atoms with Gasteiger partial charge in [-0.3, -0.25) is 0 Å². The van der Waals surface area contributed by atoms with Crippen LogP contribution in [-0.4, -0.2) is 13.7 Å². The topological polar surface area (TPSA) is 21.3 Å². The largest absolute Gasteiger partial charge is 0.310 e. The Hall–Kier alpha value is -10.1. The van der Waals surface area contributed by atoms with E-state index in [4.69, 9.17) is 0 Å². The molecule has 0 saturated heterocycles. The first-order valence-electron chi connectivity index (χ1n) is 25.5. The van der Waals surface area contributed by atoms with Gasteiger partial charge >= 0.3 is 0 Å². The molecule has 75 heavy (non-hydrogen) atoms. The van der Waals surface area contributed by atoms with E-state index in [1.54, 1.807) is 0 Å². The zero-order valence-corrected chi connectivity index (χ0v) is 41.1. The van der Waals surface area contributed by atoms with E-state index in [9.17, 15) is 0 Å². The van der Waals surface area contributed by atoms with Gasteiger partial charge in [0.15, 0.2) is 0 Å². The first-order valence-corrected chi connectivity index (χ1v) is 25.5. The fourth-order valence-electron chi connectivity index (χ4n) is 11.5. The Labute approximate surface area is 435 Å². The van der Waals surface area contributed by atoms with Crippen LogP contribution in [0, 0.1) is 0 Å². The smallest absolute Gasteiger partial charge is 0.0561 e. The molecule has 0 N–H and O–H groups in total. The summed E-state index contributed by atoms with van der Waals surface area (Å²) in [4.78, 5) is 4.78. The van der Waals surface area contributed by atoms with Gasteiger partial charge in [-0.2, -0.15) is 0 Å². The summed E-state index contributed by atoms with van der Waals surface area (Å²) in [6, 6.07) is 94.5. The van der Waals surface area contributed by atoms with E-state index in [1.807, 2.05) is 12.2 Å². The van der Waals surface area contributed by atoms with Crippen LogP contribution in [0.1, 0.15) is 11.1 Å². The minimum absolute atomic E-state index is 1.06. The SMILES string of the molecule is C=Cc1ccc2c(c1)c1cc(N(c3ccccc3)c3ccc4c5ccc(N(c6ccccc6)c6ccc7c(c6)c6cc(C=C)ccc6n7-c6ccccc6)cc5n(-c5ccccc5)c4c3)ccc1n2-c1ccccc1. The number of fused-ring (bicyclic) bond motifs is 9. The number of nitrogens with zero attached hydrogens (tertiary/aromatic N) is 5. The summed E-state index contributed by atoms with van der Waals surface area (Å²) in [7, 11) is 0. The molecule has 354 valence electrons. The Kier molecular flexibility index (Phi) is 10.4. The molecule has 0 aliphatic rings. The van der Waals surface area contributed by atoms with Crippen molar-refractivity contribution in [3.8, 4) is 17.1 Å². The van der Waals surface area contributed by atoms with Crippen LogP contribution in [0.4, 0.5) is 34.1 Å². The standard InChI is InChI=1S/C70H49N5/c1-3-48-30-38-65-61(42-48)63-44-55(34-40-67(63)73(65)52-24-14-7-15-25-52)71(50-20-10-5-11-21-50)57-32-36-59-60-37-33-58(47-70(60)75(69(59)46-57)54-28-18-9-19-29-54)72(51-22-12-6-13-23-51)56-35-41-68-64(45-56)62-43-49(4-2)31-39-66(62)74(68)53-26-16-8-17-27-53/h3-47H,1-2H2. The third kappa shape index (κ3) is 7.24. The van der Waals surface area contributed by atoms with Crippen molar-refractivity contribution in [1.29, 1.82) is 0 Å². The maximum absolute atomic E-state index is 4.13. The summed E-state index contributed by atoms with van der Waals surface area (Å²) in [5, 5.41) is 7.07. The van der Waals surface area contributed by atoms with E-state index in [-0.39, 0.29) is 0 Å². The molecule has 0 spiro atoms. The van der Waals surface area contributed by atoms with Crippen molar-refractivity contribution in [3.63, 3.8) is 0 Å². The highest BCUT2D eigenvalue weighted by molar-refractivity contribution is 6.14. The number of hydrogen-bond donors (Lipinski definition) is 0. The number of benzene rings is 11. The highest BCUT2D eigenvalue weighted by Crippen LogP contribution is 2.45. The monoisotopic (exact) mass is 959 g/mol. The van der Waals surface area contributed by atoms with Crippen molar-refractivity contribution >= 4 is 112 Å². The molecule has 0 saturated carbocycles. The van der Waals surface area contributed by atoms with Gasteiger partial charge in [-0.25, -0.2) is 0 Å². The predicted molar refractivity (Wildman–Crippen MR) is 319 cm³/mol. The van der Waals surface area contributed by atoms with E-state index in [1.165, 1.54) is 32.3 Å². The van der Waals surface area contributed by atoms with Crippen LogP contribution in [0.5, 0.6) is 0 Å². The second-order valence-electron chi connectivity index (χ2n) is 19.1. The molecule has 0 atom stereocenters. The molecule has 0 aliphatic carbocycles. The Morgan fingerprint density at radius 1 is 0.240 bits per heavy atom. The second-order valence-corrected chi connectivity index (χ2v) is 19.1. The van der Waals surface area contributed by atoms with Crippen LogP contribution >= 0.6 is 0 Å². The molecule has 11 aromatic carbocycles. The summed E-state index contributed by atoms with van der Waals surface area (Å²) in [5.74, 6) is 0. The molecule has 3 aromatic heterocycles. The van der Waals surface area contributed by atoms with Gasteiger partial charge < -0.3 is 23.5 Å². The fourth-order valence-corrected chi connectivity index (χ4v) is 11.5. The van der Waals surface area contributed by atoms with Crippen molar-refractivity contribution in [1.82, 2.24) is 13.7 Å². The highest BCUT2D eigenvalue weighted by atomic mass is 15.2. The van der Waals surface area contributed by atoms with Crippen molar-refractivity contribution in [3.05, 3.63) is 285 Å².